The van der Waals surface area contributed by atoms with Crippen LogP contribution in [0.3, 0.4) is 0 Å². The second-order valence-corrected chi connectivity index (χ2v) is 5.25. The van der Waals surface area contributed by atoms with Crippen molar-refractivity contribution in [3.8, 4) is 5.75 Å². The van der Waals surface area contributed by atoms with Gasteiger partial charge in [-0.1, -0.05) is 12.1 Å². The molecule has 0 aliphatic heterocycles. The minimum Gasteiger partial charge on any atom is -0.494 e. The van der Waals surface area contributed by atoms with Gasteiger partial charge >= 0.3 is 0 Å². The molecule has 0 saturated heterocycles. The van der Waals surface area contributed by atoms with Gasteiger partial charge in [0.2, 0.25) is 0 Å². The van der Waals surface area contributed by atoms with E-state index in [4.69, 9.17) is 10.5 Å². The van der Waals surface area contributed by atoms with Crippen LogP contribution in [0.15, 0.2) is 42.6 Å². The number of ether oxygens (including phenoxy) is 1. The highest BCUT2D eigenvalue weighted by molar-refractivity contribution is 6.01. The topological polar surface area (TPSA) is 65.2 Å². The number of rotatable bonds is 4. The number of carbonyl (C=O) groups excluding carboxylic acids is 1. The number of aldehydes is 1. The third-order valence-corrected chi connectivity index (χ3v) is 3.70. The molecule has 1 aromatic heterocycles. The largest absolute Gasteiger partial charge is 0.494 e. The molecule has 4 nitrogen and oxygen atoms in total. The van der Waals surface area contributed by atoms with Crippen molar-refractivity contribution in [2.24, 2.45) is 0 Å². The predicted molar refractivity (Wildman–Crippen MR) is 87.3 cm³/mol. The Kier molecular flexibility index (Phi) is 3.93. The second-order valence-electron chi connectivity index (χ2n) is 5.25. The van der Waals surface area contributed by atoms with Crippen molar-refractivity contribution in [1.82, 2.24) is 4.98 Å². The quantitative estimate of drug-likeness (QED) is 0.593. The van der Waals surface area contributed by atoms with E-state index in [0.717, 1.165) is 16.5 Å². The van der Waals surface area contributed by atoms with Crippen LogP contribution < -0.4 is 10.5 Å². The summed E-state index contributed by atoms with van der Waals surface area (Å²) in [7, 11) is 1.49. The Morgan fingerprint density at radius 2 is 1.96 bits per heavy atom. The minimum atomic E-state index is -0.263. The minimum absolute atomic E-state index is 0.263. The zero-order valence-corrected chi connectivity index (χ0v) is 12.5. The molecule has 2 aromatic carbocycles. The molecule has 116 valence electrons. The number of anilines is 1. The van der Waals surface area contributed by atoms with E-state index >= 15 is 0 Å². The van der Waals surface area contributed by atoms with Crippen LogP contribution in [-0.2, 0) is 6.42 Å². The summed E-state index contributed by atoms with van der Waals surface area (Å²) in [4.78, 5) is 15.5. The highest BCUT2D eigenvalue weighted by Crippen LogP contribution is 2.32. The Bertz CT molecular complexity index is 876. The van der Waals surface area contributed by atoms with E-state index in [1.165, 1.54) is 19.2 Å². The molecule has 0 spiro atoms. The summed E-state index contributed by atoms with van der Waals surface area (Å²) in [6.45, 7) is 0. The summed E-state index contributed by atoms with van der Waals surface area (Å²) in [5.41, 5.74) is 9.34. The first kappa shape index (κ1) is 15.0. The van der Waals surface area contributed by atoms with Gasteiger partial charge < -0.3 is 10.5 Å². The van der Waals surface area contributed by atoms with Gasteiger partial charge in [0.15, 0.2) is 12.0 Å². The zero-order valence-electron chi connectivity index (χ0n) is 12.5. The van der Waals surface area contributed by atoms with E-state index < -0.39 is 0 Å². The smallest absolute Gasteiger partial charge is 0.155 e. The number of hydrogen-bond donors (Lipinski definition) is 1. The van der Waals surface area contributed by atoms with Crippen LogP contribution in [0.1, 0.15) is 21.5 Å². The van der Waals surface area contributed by atoms with Crippen LogP contribution in [0, 0.1) is 5.82 Å². The van der Waals surface area contributed by atoms with Crippen LogP contribution in [-0.4, -0.2) is 18.4 Å². The van der Waals surface area contributed by atoms with Gasteiger partial charge in [-0.15, -0.1) is 0 Å². The van der Waals surface area contributed by atoms with Crippen LogP contribution in [0.2, 0.25) is 0 Å². The van der Waals surface area contributed by atoms with Crippen LogP contribution in [0.5, 0.6) is 5.75 Å². The molecule has 5 heteroatoms. The highest BCUT2D eigenvalue weighted by Gasteiger charge is 2.13. The number of methoxy groups -OCH3 is 1. The van der Waals surface area contributed by atoms with Gasteiger partial charge in [-0.3, -0.25) is 9.78 Å². The average Bonchev–Trinajstić information content (AvgIpc) is 2.57. The molecule has 23 heavy (non-hydrogen) atoms. The van der Waals surface area contributed by atoms with E-state index in [1.807, 2.05) is 6.07 Å². The number of nitrogen functional groups attached to an aromatic ring is 1. The third kappa shape index (κ3) is 2.85. The summed E-state index contributed by atoms with van der Waals surface area (Å²) >= 11 is 0. The molecule has 0 aliphatic carbocycles. The van der Waals surface area contributed by atoms with Gasteiger partial charge in [-0.25, -0.2) is 4.39 Å². The van der Waals surface area contributed by atoms with Gasteiger partial charge in [0.25, 0.3) is 0 Å². The molecule has 0 saturated carbocycles. The molecule has 3 rings (SSSR count). The molecule has 1 heterocycles. The number of carbonyl (C=O) groups is 1. The van der Waals surface area contributed by atoms with Crippen molar-refractivity contribution in [3.05, 3.63) is 65.1 Å². The van der Waals surface area contributed by atoms with Crippen LogP contribution in [0.4, 0.5) is 10.1 Å². The molecule has 0 fully saturated rings. The molecule has 0 aliphatic rings. The number of benzene rings is 2. The van der Waals surface area contributed by atoms with Crippen molar-refractivity contribution in [1.29, 1.82) is 0 Å². The Balaban J connectivity index is 2.06. The van der Waals surface area contributed by atoms with Gasteiger partial charge in [-0.05, 0) is 41.8 Å². The molecule has 3 aromatic rings. The van der Waals surface area contributed by atoms with Gasteiger partial charge in [0, 0.05) is 17.3 Å². The lowest BCUT2D eigenvalue weighted by molar-refractivity contribution is 0.112. The van der Waals surface area contributed by atoms with Crippen LogP contribution >= 0.6 is 0 Å². The number of halogens is 1. The first-order chi connectivity index (χ1) is 11.1. The van der Waals surface area contributed by atoms with E-state index in [2.05, 4.69) is 4.98 Å². The zero-order chi connectivity index (χ0) is 16.4. The Morgan fingerprint density at radius 3 is 2.61 bits per heavy atom. The molecule has 0 radical (unpaired) electrons. The SMILES string of the molecule is COc1c(C=O)cc(N)c2cc(Cc3ccc(F)cc3)cnc12. The van der Waals surface area contributed by atoms with Crippen molar-refractivity contribution < 1.29 is 13.9 Å². The fourth-order valence-electron chi connectivity index (χ4n) is 2.59. The number of fused-ring (bicyclic) bond motifs is 1. The Hall–Kier alpha value is -2.95. The maximum Gasteiger partial charge on any atom is 0.155 e. The fourth-order valence-corrected chi connectivity index (χ4v) is 2.59. The average molecular weight is 310 g/mol. The number of nitrogens with two attached hydrogens (primary N) is 1. The van der Waals surface area contributed by atoms with E-state index in [9.17, 15) is 9.18 Å². The van der Waals surface area contributed by atoms with E-state index in [-0.39, 0.29) is 5.82 Å². The number of nitrogens with zero attached hydrogens (tertiary/aromatic N) is 1. The van der Waals surface area contributed by atoms with Crippen molar-refractivity contribution >= 4 is 22.9 Å². The predicted octanol–water partition coefficient (Wildman–Crippen LogP) is 3.37. The maximum absolute atomic E-state index is 13.0. The molecule has 0 atom stereocenters. The molecule has 2 N–H and O–H groups in total. The fraction of sp³-hybridized carbons (Fsp3) is 0.111. The molecular formula is C18H15FN2O2. The summed E-state index contributed by atoms with van der Waals surface area (Å²) in [5, 5.41) is 0.729. The van der Waals surface area contributed by atoms with Crippen molar-refractivity contribution in [2.75, 3.05) is 12.8 Å². The molecule has 0 bridgehead atoms. The van der Waals surface area contributed by atoms with Gasteiger partial charge in [0.05, 0.1) is 12.7 Å². The number of aromatic nitrogens is 1. The van der Waals surface area contributed by atoms with Gasteiger partial charge in [-0.2, -0.15) is 0 Å². The first-order valence-corrected chi connectivity index (χ1v) is 7.07. The maximum atomic E-state index is 13.0. The van der Waals surface area contributed by atoms with Crippen molar-refractivity contribution in [2.45, 2.75) is 6.42 Å². The number of hydrogen-bond acceptors (Lipinski definition) is 4. The highest BCUT2D eigenvalue weighted by atomic mass is 19.1. The number of pyridine rings is 1. The lowest BCUT2D eigenvalue weighted by Crippen LogP contribution is -1.99. The lowest BCUT2D eigenvalue weighted by Gasteiger charge is -2.11. The van der Waals surface area contributed by atoms with Crippen molar-refractivity contribution in [3.63, 3.8) is 0 Å². The van der Waals surface area contributed by atoms with E-state index in [0.29, 0.717) is 35.2 Å². The lowest BCUT2D eigenvalue weighted by atomic mass is 10.0. The van der Waals surface area contributed by atoms with E-state index in [1.54, 1.807) is 24.4 Å². The molecular weight excluding hydrogens is 295 g/mol. The third-order valence-electron chi connectivity index (χ3n) is 3.70. The standard InChI is InChI=1S/C18H15FN2O2/c1-23-18-13(10-22)8-16(20)15-7-12(9-21-17(15)18)6-11-2-4-14(19)5-3-11/h2-5,7-10H,6,20H2,1H3. The Labute approximate surface area is 132 Å². The first-order valence-electron chi connectivity index (χ1n) is 7.07. The second kappa shape index (κ2) is 6.04. The normalized spacial score (nSPS) is 10.7. The summed E-state index contributed by atoms with van der Waals surface area (Å²) in [6.07, 6.45) is 3.02. The molecule has 0 unspecified atom stereocenters. The molecule has 0 amide bonds. The summed E-state index contributed by atoms with van der Waals surface area (Å²) in [5.74, 6) is 0.151. The van der Waals surface area contributed by atoms with Crippen LogP contribution in [0.25, 0.3) is 10.9 Å². The summed E-state index contributed by atoms with van der Waals surface area (Å²) in [6, 6.07) is 9.82. The monoisotopic (exact) mass is 310 g/mol. The summed E-state index contributed by atoms with van der Waals surface area (Å²) < 4.78 is 18.3. The Morgan fingerprint density at radius 1 is 1.22 bits per heavy atom. The van der Waals surface area contributed by atoms with Gasteiger partial charge in [0.1, 0.15) is 11.3 Å².